The zero-order valence-electron chi connectivity index (χ0n) is 17.9. The van der Waals surface area contributed by atoms with Crippen molar-refractivity contribution in [1.29, 1.82) is 0 Å². The van der Waals surface area contributed by atoms with Crippen LogP contribution >= 0.6 is 0 Å². The molecule has 6 nitrogen and oxygen atoms in total. The molecule has 0 fully saturated rings. The van der Waals surface area contributed by atoms with Crippen molar-refractivity contribution in [1.82, 2.24) is 10.6 Å². The first-order valence-electron chi connectivity index (χ1n) is 9.72. The summed E-state index contributed by atoms with van der Waals surface area (Å²) >= 11 is 0. The third kappa shape index (κ3) is 8.75. The number of nitrogens with one attached hydrogen (secondary N) is 2. The Bertz CT molecular complexity index is 840. The predicted octanol–water partition coefficient (Wildman–Crippen LogP) is 3.69. The van der Waals surface area contributed by atoms with E-state index in [0.29, 0.717) is 36.1 Å². The van der Waals surface area contributed by atoms with Gasteiger partial charge in [0, 0.05) is 20.1 Å². The van der Waals surface area contributed by atoms with Gasteiger partial charge >= 0.3 is 6.18 Å². The van der Waals surface area contributed by atoms with Crippen molar-refractivity contribution >= 4 is 5.96 Å². The highest BCUT2D eigenvalue weighted by atomic mass is 19.4. The van der Waals surface area contributed by atoms with E-state index < -0.39 is 12.8 Å². The molecule has 2 aromatic rings. The molecule has 0 aliphatic rings. The molecule has 0 spiro atoms. The van der Waals surface area contributed by atoms with Crippen LogP contribution in [0.1, 0.15) is 16.7 Å². The number of methoxy groups -OCH3 is 2. The van der Waals surface area contributed by atoms with Crippen LogP contribution in [0.4, 0.5) is 13.2 Å². The Hall–Kier alpha value is -2.94. The number of hydrogen-bond acceptors (Lipinski definition) is 4. The Labute approximate surface area is 180 Å². The summed E-state index contributed by atoms with van der Waals surface area (Å²) in [4.78, 5) is 4.20. The Kier molecular flexibility index (Phi) is 9.45. The first-order chi connectivity index (χ1) is 14.8. The lowest BCUT2D eigenvalue weighted by Crippen LogP contribution is -2.37. The van der Waals surface area contributed by atoms with Crippen LogP contribution in [0.2, 0.25) is 0 Å². The van der Waals surface area contributed by atoms with Gasteiger partial charge < -0.3 is 24.8 Å². The minimum absolute atomic E-state index is 0.0768. The fourth-order valence-electron chi connectivity index (χ4n) is 2.81. The highest BCUT2D eigenvalue weighted by Crippen LogP contribution is 2.27. The molecule has 2 N–H and O–H groups in total. The van der Waals surface area contributed by atoms with Crippen molar-refractivity contribution in [3.05, 3.63) is 59.2 Å². The van der Waals surface area contributed by atoms with Gasteiger partial charge in [-0.2, -0.15) is 13.2 Å². The molecule has 0 saturated carbocycles. The maximum absolute atomic E-state index is 12.1. The van der Waals surface area contributed by atoms with Crippen LogP contribution in [0.5, 0.6) is 11.5 Å². The lowest BCUT2D eigenvalue weighted by atomic mass is 10.1. The molecule has 31 heavy (non-hydrogen) atoms. The molecule has 9 heteroatoms. The van der Waals surface area contributed by atoms with Crippen molar-refractivity contribution < 1.29 is 27.4 Å². The van der Waals surface area contributed by atoms with Crippen LogP contribution in [-0.2, 0) is 24.3 Å². The number of rotatable bonds is 10. The smallest absolute Gasteiger partial charge is 0.411 e. The number of nitrogens with zero attached hydrogens (tertiary/aromatic N) is 1. The number of guanidine groups is 1. The lowest BCUT2D eigenvalue weighted by Gasteiger charge is -2.13. The molecule has 0 amide bonds. The maximum Gasteiger partial charge on any atom is 0.411 e. The predicted molar refractivity (Wildman–Crippen MR) is 114 cm³/mol. The number of hydrogen-bond donors (Lipinski definition) is 2. The first-order valence-corrected chi connectivity index (χ1v) is 9.72. The van der Waals surface area contributed by atoms with Crippen molar-refractivity contribution in [3.8, 4) is 11.5 Å². The molecule has 170 valence electrons. The Morgan fingerprint density at radius 1 is 0.903 bits per heavy atom. The monoisotopic (exact) mass is 439 g/mol. The van der Waals surface area contributed by atoms with Gasteiger partial charge in [-0.15, -0.1) is 0 Å². The number of benzene rings is 2. The average Bonchev–Trinajstić information content (AvgIpc) is 2.76. The van der Waals surface area contributed by atoms with Gasteiger partial charge in [-0.3, -0.25) is 4.99 Å². The fraction of sp³-hybridized carbons (Fsp3) is 0.409. The number of alkyl halides is 3. The zero-order valence-corrected chi connectivity index (χ0v) is 17.9. The largest absolute Gasteiger partial charge is 0.493 e. The van der Waals surface area contributed by atoms with Crippen molar-refractivity contribution in [3.63, 3.8) is 0 Å². The van der Waals surface area contributed by atoms with E-state index >= 15 is 0 Å². The normalized spacial score (nSPS) is 11.9. The van der Waals surface area contributed by atoms with Crippen LogP contribution in [-0.4, -0.2) is 46.6 Å². The fourth-order valence-corrected chi connectivity index (χ4v) is 2.81. The number of ether oxygens (including phenoxy) is 3. The molecule has 0 bridgehead atoms. The van der Waals surface area contributed by atoms with Crippen LogP contribution in [0.3, 0.4) is 0 Å². The van der Waals surface area contributed by atoms with Crippen molar-refractivity contribution in [2.24, 2.45) is 4.99 Å². The van der Waals surface area contributed by atoms with E-state index in [1.165, 1.54) is 0 Å². The quantitative estimate of drug-likeness (QED) is 0.437. The Morgan fingerprint density at radius 3 is 2.16 bits per heavy atom. The molecule has 0 aromatic heterocycles. The summed E-state index contributed by atoms with van der Waals surface area (Å²) in [5.41, 5.74) is 2.76. The maximum atomic E-state index is 12.1. The summed E-state index contributed by atoms with van der Waals surface area (Å²) in [5.74, 6) is 2.03. The van der Waals surface area contributed by atoms with Gasteiger partial charge in [0.2, 0.25) is 0 Å². The summed E-state index contributed by atoms with van der Waals surface area (Å²) in [6, 6.07) is 13.0. The molecule has 0 saturated heterocycles. The molecule has 0 aliphatic heterocycles. The first kappa shape index (κ1) is 24.3. The molecule has 0 unspecified atom stereocenters. The number of aliphatic imine (C=N–C) groups is 1. The van der Waals surface area contributed by atoms with E-state index in [1.54, 1.807) is 33.4 Å². The third-order valence-electron chi connectivity index (χ3n) is 4.40. The second-order valence-electron chi connectivity index (χ2n) is 6.72. The zero-order chi connectivity index (χ0) is 22.7. The average molecular weight is 439 g/mol. The van der Waals surface area contributed by atoms with E-state index in [-0.39, 0.29) is 6.61 Å². The summed E-state index contributed by atoms with van der Waals surface area (Å²) in [6.07, 6.45) is -3.54. The molecule has 0 atom stereocenters. The topological polar surface area (TPSA) is 64.1 Å². The van der Waals surface area contributed by atoms with Gasteiger partial charge in [0.05, 0.1) is 20.8 Å². The van der Waals surface area contributed by atoms with Gasteiger partial charge in [-0.1, -0.05) is 30.3 Å². The van der Waals surface area contributed by atoms with Gasteiger partial charge in [-0.05, 0) is 35.2 Å². The van der Waals surface area contributed by atoms with Crippen molar-refractivity contribution in [2.75, 3.05) is 34.4 Å². The van der Waals surface area contributed by atoms with Crippen LogP contribution < -0.4 is 20.1 Å². The second kappa shape index (κ2) is 12.0. The van der Waals surface area contributed by atoms with Crippen LogP contribution in [0, 0.1) is 0 Å². The molecule has 0 aliphatic carbocycles. The lowest BCUT2D eigenvalue weighted by molar-refractivity contribution is -0.176. The molecular formula is C22H28F3N3O3. The SMILES string of the molecule is CN=C(NCCc1ccc(OC)c(OC)c1)NCc1ccc(COCC(F)(F)F)cc1. The van der Waals surface area contributed by atoms with E-state index in [0.717, 1.165) is 17.5 Å². The summed E-state index contributed by atoms with van der Waals surface area (Å²) in [7, 11) is 4.89. The summed E-state index contributed by atoms with van der Waals surface area (Å²) in [6.45, 7) is -0.126. The highest BCUT2D eigenvalue weighted by molar-refractivity contribution is 5.79. The molecule has 2 aromatic carbocycles. The van der Waals surface area contributed by atoms with Gasteiger partial charge in [-0.25, -0.2) is 0 Å². The molecule has 0 heterocycles. The van der Waals surface area contributed by atoms with E-state index in [1.807, 2.05) is 30.3 Å². The third-order valence-corrected chi connectivity index (χ3v) is 4.40. The molecule has 2 rings (SSSR count). The van der Waals surface area contributed by atoms with E-state index in [9.17, 15) is 13.2 Å². The minimum atomic E-state index is -4.31. The van der Waals surface area contributed by atoms with Gasteiger partial charge in [0.25, 0.3) is 0 Å². The van der Waals surface area contributed by atoms with E-state index in [4.69, 9.17) is 9.47 Å². The Morgan fingerprint density at radius 2 is 1.55 bits per heavy atom. The second-order valence-corrected chi connectivity index (χ2v) is 6.72. The van der Waals surface area contributed by atoms with Gasteiger partial charge in [0.1, 0.15) is 6.61 Å². The summed E-state index contributed by atoms with van der Waals surface area (Å²) < 4.78 is 51.6. The van der Waals surface area contributed by atoms with E-state index in [2.05, 4.69) is 20.4 Å². The Balaban J connectivity index is 1.75. The van der Waals surface area contributed by atoms with Gasteiger partial charge in [0.15, 0.2) is 17.5 Å². The minimum Gasteiger partial charge on any atom is -0.493 e. The molecular weight excluding hydrogens is 411 g/mol. The number of halogens is 3. The highest BCUT2D eigenvalue weighted by Gasteiger charge is 2.27. The summed E-state index contributed by atoms with van der Waals surface area (Å²) in [5, 5.41) is 6.46. The van der Waals surface area contributed by atoms with Crippen LogP contribution in [0.25, 0.3) is 0 Å². The molecule has 0 radical (unpaired) electrons. The van der Waals surface area contributed by atoms with Crippen molar-refractivity contribution in [2.45, 2.75) is 25.7 Å². The standard InChI is InChI=1S/C22H28F3N3O3/c1-26-21(27-11-10-16-8-9-19(29-2)20(12-16)30-3)28-13-17-4-6-18(7-5-17)14-31-15-22(23,24)25/h4-9,12H,10-11,13-15H2,1-3H3,(H2,26,27,28). The van der Waals surface area contributed by atoms with Crippen LogP contribution in [0.15, 0.2) is 47.5 Å².